The first-order valence-electron chi connectivity index (χ1n) is 7.12. The molecule has 0 bridgehead atoms. The molecule has 2 atom stereocenters. The van der Waals surface area contributed by atoms with Gasteiger partial charge in [-0.3, -0.25) is 0 Å². The first-order chi connectivity index (χ1) is 8.69. The number of rotatable bonds is 5. The summed E-state index contributed by atoms with van der Waals surface area (Å²) in [5, 5.41) is 0. The van der Waals surface area contributed by atoms with Gasteiger partial charge in [0.05, 0.1) is 6.20 Å². The third-order valence-electron chi connectivity index (χ3n) is 3.69. The van der Waals surface area contributed by atoms with Gasteiger partial charge in [-0.15, -0.1) is 0 Å². The van der Waals surface area contributed by atoms with Crippen LogP contribution in [0, 0.1) is 0 Å². The minimum absolute atomic E-state index is 0.132. The smallest absolute Gasteiger partial charge is 0.195 e. The number of aromatic nitrogens is 1. The zero-order valence-electron chi connectivity index (χ0n) is 11.6. The van der Waals surface area contributed by atoms with Crippen molar-refractivity contribution in [2.75, 3.05) is 13.1 Å². The van der Waals surface area contributed by atoms with Crippen LogP contribution in [0.15, 0.2) is 10.6 Å². The summed E-state index contributed by atoms with van der Waals surface area (Å²) in [6.07, 6.45) is 7.46. The molecule has 1 saturated heterocycles. The van der Waals surface area contributed by atoms with Gasteiger partial charge in [0.25, 0.3) is 0 Å². The monoisotopic (exact) mass is 251 g/mol. The maximum Gasteiger partial charge on any atom is 0.195 e. The van der Waals surface area contributed by atoms with Crippen LogP contribution >= 0.6 is 0 Å². The maximum absolute atomic E-state index is 5.77. The van der Waals surface area contributed by atoms with Crippen molar-refractivity contribution >= 4 is 0 Å². The summed E-state index contributed by atoms with van der Waals surface area (Å²) in [4.78, 5) is 6.92. The molecule has 4 heteroatoms. The number of likely N-dealkylation sites (N-methyl/N-ethyl adjacent to an activating group) is 1. The summed E-state index contributed by atoms with van der Waals surface area (Å²) in [6.45, 7) is 6.56. The summed E-state index contributed by atoms with van der Waals surface area (Å²) >= 11 is 0. The molecule has 0 aliphatic carbocycles. The highest BCUT2D eigenvalue weighted by Gasteiger charge is 2.22. The van der Waals surface area contributed by atoms with Crippen molar-refractivity contribution in [2.45, 2.75) is 58.0 Å². The molecule has 2 N–H and O–H groups in total. The van der Waals surface area contributed by atoms with Crippen molar-refractivity contribution < 1.29 is 4.42 Å². The normalized spacial score (nSPS) is 23.2. The Balaban J connectivity index is 1.93. The van der Waals surface area contributed by atoms with Gasteiger partial charge in [-0.2, -0.15) is 0 Å². The van der Waals surface area contributed by atoms with E-state index >= 15 is 0 Å². The van der Waals surface area contributed by atoms with Crippen LogP contribution in [0.25, 0.3) is 0 Å². The Morgan fingerprint density at radius 1 is 1.56 bits per heavy atom. The van der Waals surface area contributed by atoms with Gasteiger partial charge in [0.1, 0.15) is 5.76 Å². The molecule has 1 aliphatic heterocycles. The SMILES string of the molecule is CCN1CCCCC1Cc1ncc(CC(C)N)o1. The molecule has 2 heterocycles. The molecule has 1 aromatic heterocycles. The Labute approximate surface area is 110 Å². The van der Waals surface area contributed by atoms with E-state index in [1.807, 2.05) is 13.1 Å². The molecule has 1 aliphatic rings. The fraction of sp³-hybridized carbons (Fsp3) is 0.786. The first-order valence-corrected chi connectivity index (χ1v) is 7.12. The molecule has 0 amide bonds. The van der Waals surface area contributed by atoms with Gasteiger partial charge in [-0.05, 0) is 32.9 Å². The predicted molar refractivity (Wildman–Crippen MR) is 72.4 cm³/mol. The number of nitrogens with two attached hydrogens (primary N) is 1. The van der Waals surface area contributed by atoms with E-state index in [9.17, 15) is 0 Å². The van der Waals surface area contributed by atoms with E-state index < -0.39 is 0 Å². The lowest BCUT2D eigenvalue weighted by Gasteiger charge is -2.34. The average molecular weight is 251 g/mol. The Morgan fingerprint density at radius 2 is 2.39 bits per heavy atom. The van der Waals surface area contributed by atoms with Crippen molar-refractivity contribution in [3.8, 4) is 0 Å². The number of piperidine rings is 1. The predicted octanol–water partition coefficient (Wildman–Crippen LogP) is 1.98. The van der Waals surface area contributed by atoms with Crippen LogP contribution in [0.4, 0.5) is 0 Å². The molecule has 0 saturated carbocycles. The number of hydrogen-bond acceptors (Lipinski definition) is 4. The van der Waals surface area contributed by atoms with Crippen LogP contribution in [-0.4, -0.2) is 35.1 Å². The largest absolute Gasteiger partial charge is 0.446 e. The standard InChI is InChI=1S/C14H25N3O/c1-3-17-7-5-4-6-12(17)9-14-16-10-13(18-14)8-11(2)15/h10-12H,3-9,15H2,1-2H3. The van der Waals surface area contributed by atoms with E-state index in [0.29, 0.717) is 6.04 Å². The highest BCUT2D eigenvalue weighted by Crippen LogP contribution is 2.20. The minimum Gasteiger partial charge on any atom is -0.446 e. The Kier molecular flexibility index (Phi) is 4.78. The summed E-state index contributed by atoms with van der Waals surface area (Å²) in [6, 6.07) is 0.734. The molecule has 2 unspecified atom stereocenters. The van der Waals surface area contributed by atoms with Crippen molar-refractivity contribution in [3.05, 3.63) is 17.8 Å². The minimum atomic E-state index is 0.132. The molecule has 4 nitrogen and oxygen atoms in total. The second-order valence-electron chi connectivity index (χ2n) is 5.38. The van der Waals surface area contributed by atoms with Gasteiger partial charge in [0.2, 0.25) is 0 Å². The highest BCUT2D eigenvalue weighted by molar-refractivity contribution is 4.98. The molecule has 0 spiro atoms. The summed E-state index contributed by atoms with van der Waals surface area (Å²) in [7, 11) is 0. The summed E-state index contributed by atoms with van der Waals surface area (Å²) in [5.41, 5.74) is 5.77. The van der Waals surface area contributed by atoms with Crippen LogP contribution in [0.1, 0.15) is 44.8 Å². The van der Waals surface area contributed by atoms with Gasteiger partial charge in [-0.1, -0.05) is 13.3 Å². The van der Waals surface area contributed by atoms with Crippen molar-refractivity contribution in [1.82, 2.24) is 9.88 Å². The van der Waals surface area contributed by atoms with Crippen molar-refractivity contribution in [2.24, 2.45) is 5.73 Å². The van der Waals surface area contributed by atoms with Gasteiger partial charge in [-0.25, -0.2) is 4.98 Å². The van der Waals surface area contributed by atoms with E-state index in [1.54, 1.807) is 0 Å². The molecule has 1 aromatic rings. The van der Waals surface area contributed by atoms with Crippen LogP contribution in [0.3, 0.4) is 0 Å². The molecule has 18 heavy (non-hydrogen) atoms. The molecule has 102 valence electrons. The Bertz CT molecular complexity index is 362. The second kappa shape index (κ2) is 6.34. The lowest BCUT2D eigenvalue weighted by atomic mass is 9.99. The molecule has 0 radical (unpaired) electrons. The van der Waals surface area contributed by atoms with E-state index in [4.69, 9.17) is 10.2 Å². The highest BCUT2D eigenvalue weighted by atomic mass is 16.4. The quantitative estimate of drug-likeness (QED) is 0.869. The molecular formula is C14H25N3O. The van der Waals surface area contributed by atoms with Gasteiger partial charge in [0, 0.05) is 24.9 Å². The first kappa shape index (κ1) is 13.6. The lowest BCUT2D eigenvalue weighted by molar-refractivity contribution is 0.148. The Hall–Kier alpha value is -0.870. The number of nitrogens with zero attached hydrogens (tertiary/aromatic N) is 2. The number of hydrogen-bond donors (Lipinski definition) is 1. The number of likely N-dealkylation sites (tertiary alicyclic amines) is 1. The molecule has 2 rings (SSSR count). The van der Waals surface area contributed by atoms with E-state index in [2.05, 4.69) is 16.8 Å². The second-order valence-corrected chi connectivity index (χ2v) is 5.38. The van der Waals surface area contributed by atoms with Gasteiger partial charge in [0.15, 0.2) is 5.89 Å². The van der Waals surface area contributed by atoms with Gasteiger partial charge < -0.3 is 15.1 Å². The Morgan fingerprint density at radius 3 is 3.11 bits per heavy atom. The van der Waals surface area contributed by atoms with Crippen LogP contribution < -0.4 is 5.73 Å². The zero-order chi connectivity index (χ0) is 13.0. The third-order valence-corrected chi connectivity index (χ3v) is 3.69. The summed E-state index contributed by atoms with van der Waals surface area (Å²) < 4.78 is 5.77. The van der Waals surface area contributed by atoms with Crippen molar-refractivity contribution in [3.63, 3.8) is 0 Å². The topological polar surface area (TPSA) is 55.3 Å². The van der Waals surface area contributed by atoms with E-state index in [1.165, 1.54) is 25.8 Å². The average Bonchev–Trinajstić information content (AvgIpc) is 2.76. The molecule has 0 aromatic carbocycles. The van der Waals surface area contributed by atoms with Crippen LogP contribution in [0.2, 0.25) is 0 Å². The van der Waals surface area contributed by atoms with E-state index in [-0.39, 0.29) is 6.04 Å². The van der Waals surface area contributed by atoms with Gasteiger partial charge >= 0.3 is 0 Å². The number of oxazole rings is 1. The zero-order valence-corrected chi connectivity index (χ0v) is 11.6. The molecule has 1 fully saturated rings. The summed E-state index contributed by atoms with van der Waals surface area (Å²) in [5.74, 6) is 1.79. The van der Waals surface area contributed by atoms with Crippen LogP contribution in [0.5, 0.6) is 0 Å². The van der Waals surface area contributed by atoms with Crippen molar-refractivity contribution in [1.29, 1.82) is 0 Å². The van der Waals surface area contributed by atoms with E-state index in [0.717, 1.165) is 31.0 Å². The fourth-order valence-corrected chi connectivity index (χ4v) is 2.76. The fourth-order valence-electron chi connectivity index (χ4n) is 2.76. The van der Waals surface area contributed by atoms with Crippen LogP contribution in [-0.2, 0) is 12.8 Å². The maximum atomic E-state index is 5.77. The third kappa shape index (κ3) is 3.56. The lowest BCUT2D eigenvalue weighted by Crippen LogP contribution is -2.40. The molecular weight excluding hydrogens is 226 g/mol.